The molecule has 1 aromatic carbocycles. The topological polar surface area (TPSA) is 204 Å². The molecule has 160 valence electrons. The molecule has 0 radical (unpaired) electrons. The molecule has 0 spiro atoms. The van der Waals surface area contributed by atoms with Gasteiger partial charge in [0, 0.05) is 10.4 Å². The number of carbonyl (C=O) groups is 1. The van der Waals surface area contributed by atoms with Crippen LogP contribution >= 0.6 is 0 Å². The van der Waals surface area contributed by atoms with Crippen molar-refractivity contribution in [3.05, 3.63) is 22.6 Å². The summed E-state index contributed by atoms with van der Waals surface area (Å²) >= 11 is 0. The van der Waals surface area contributed by atoms with Gasteiger partial charge in [-0.05, 0) is 12.1 Å². The summed E-state index contributed by atoms with van der Waals surface area (Å²) in [5.41, 5.74) is -0.806. The Labute approximate surface area is 176 Å². The largest absolute Gasteiger partial charge is 0.492 e. The molecule has 1 rings (SSSR count). The monoisotopic (exact) mass is 446 g/mol. The number of esters is 1. The van der Waals surface area contributed by atoms with E-state index in [1.807, 2.05) is 0 Å². The van der Waals surface area contributed by atoms with Gasteiger partial charge in [-0.3, -0.25) is 9.35 Å². The number of nitriles is 4. The predicted octanol–water partition coefficient (Wildman–Crippen LogP) is -0.778. The molecule has 0 atom stereocenters. The highest BCUT2D eigenvalue weighted by Crippen LogP contribution is 2.12. The number of ether oxygens (including phenoxy) is 3. The molecule has 13 heteroatoms. The number of rotatable bonds is 9. The minimum absolute atomic E-state index is 0.0560. The molecule has 0 unspecified atom stereocenters. The zero-order chi connectivity index (χ0) is 23.4. The fourth-order valence-electron chi connectivity index (χ4n) is 2.12. The maximum Gasteiger partial charge on any atom is 0.397 e. The van der Waals surface area contributed by atoms with Gasteiger partial charge >= 0.3 is 16.4 Å². The second kappa shape index (κ2) is 11.8. The minimum atomic E-state index is -4.71. The van der Waals surface area contributed by atoms with Gasteiger partial charge in [-0.15, -0.1) is 0 Å². The van der Waals surface area contributed by atoms with Crippen LogP contribution in [0, 0.1) is 45.3 Å². The van der Waals surface area contributed by atoms with Crippen molar-refractivity contribution >= 4 is 27.5 Å². The van der Waals surface area contributed by atoms with Crippen LogP contribution in [0.2, 0.25) is 0 Å². The number of nitrogens with zero attached hydrogens (tertiary/aromatic N) is 4. The van der Waals surface area contributed by atoms with Gasteiger partial charge < -0.3 is 14.2 Å². The molecule has 0 saturated carbocycles. The van der Waals surface area contributed by atoms with Crippen molar-refractivity contribution in [2.45, 2.75) is 6.42 Å². The molecule has 1 aromatic rings. The molecule has 0 aliphatic rings. The normalized spacial score (nSPS) is 9.87. The summed E-state index contributed by atoms with van der Waals surface area (Å²) in [5, 5.41) is 36.7. The molecule has 0 bridgehead atoms. The van der Waals surface area contributed by atoms with Gasteiger partial charge in [0.2, 0.25) is 0 Å². The molecule has 0 heterocycles. The third-order valence-corrected chi connectivity index (χ3v) is 3.90. The van der Waals surface area contributed by atoms with Crippen LogP contribution in [0.4, 0.5) is 0 Å². The summed E-state index contributed by atoms with van der Waals surface area (Å²) in [6.45, 7) is -1.24. The van der Waals surface area contributed by atoms with E-state index in [9.17, 15) is 34.3 Å². The number of methoxy groups -OCH3 is 1. The van der Waals surface area contributed by atoms with E-state index in [1.165, 1.54) is 13.2 Å². The summed E-state index contributed by atoms with van der Waals surface area (Å²) in [6.07, 6.45) is -0.155. The molecule has 0 saturated heterocycles. The Morgan fingerprint density at radius 1 is 0.903 bits per heavy atom. The van der Waals surface area contributed by atoms with Crippen molar-refractivity contribution in [3.8, 4) is 35.8 Å². The van der Waals surface area contributed by atoms with Crippen LogP contribution in [0.3, 0.4) is 0 Å². The van der Waals surface area contributed by atoms with Crippen molar-refractivity contribution in [2.75, 3.05) is 26.9 Å². The zero-order valence-corrected chi connectivity index (χ0v) is 16.8. The minimum Gasteiger partial charge on any atom is -0.492 e. The Bertz CT molecular complexity index is 1210. The zero-order valence-electron chi connectivity index (χ0n) is 16.0. The lowest BCUT2D eigenvalue weighted by molar-refractivity contribution is -0.141. The Hall–Kier alpha value is -4.14. The van der Waals surface area contributed by atoms with E-state index in [-0.39, 0.29) is 35.0 Å². The second-order valence-corrected chi connectivity index (χ2v) is 6.41. The maximum absolute atomic E-state index is 11.3. The van der Waals surface area contributed by atoms with E-state index >= 15 is 0 Å². The first-order chi connectivity index (χ1) is 14.7. The van der Waals surface area contributed by atoms with Crippen LogP contribution in [0.5, 0.6) is 11.5 Å². The van der Waals surface area contributed by atoms with Crippen molar-refractivity contribution in [1.29, 1.82) is 21.0 Å². The van der Waals surface area contributed by atoms with Gasteiger partial charge in [0.15, 0.2) is 0 Å². The molecule has 0 aromatic heterocycles. The van der Waals surface area contributed by atoms with Gasteiger partial charge in [0.05, 0.1) is 20.1 Å². The summed E-state index contributed by atoms with van der Waals surface area (Å²) in [7, 11) is -3.53. The first kappa shape index (κ1) is 24.9. The number of benzene rings is 1. The highest BCUT2D eigenvalue weighted by molar-refractivity contribution is 7.80. The molecule has 0 amide bonds. The number of carbonyl (C=O) groups excluding carboxylic acids is 1. The smallest absolute Gasteiger partial charge is 0.397 e. The van der Waals surface area contributed by atoms with Gasteiger partial charge in [0.25, 0.3) is 0 Å². The molecule has 31 heavy (non-hydrogen) atoms. The summed E-state index contributed by atoms with van der Waals surface area (Å²) in [4.78, 5) is 11.3. The van der Waals surface area contributed by atoms with Gasteiger partial charge in [-0.2, -0.15) is 29.5 Å². The molecule has 12 nitrogen and oxygen atoms in total. The van der Waals surface area contributed by atoms with Gasteiger partial charge in [0.1, 0.15) is 60.1 Å². The molecular weight excluding hydrogens is 432 g/mol. The molecule has 0 fully saturated rings. The van der Waals surface area contributed by atoms with E-state index in [0.717, 1.165) is 6.07 Å². The molecule has 0 aliphatic heterocycles. The van der Waals surface area contributed by atoms with E-state index in [1.54, 1.807) is 24.3 Å². The summed E-state index contributed by atoms with van der Waals surface area (Å²) in [5.74, 6) is -0.816. The number of hydrogen-bond acceptors (Lipinski definition) is 11. The lowest BCUT2D eigenvalue weighted by Crippen LogP contribution is -2.22. The van der Waals surface area contributed by atoms with Crippen LogP contribution in [0.1, 0.15) is 6.42 Å². The van der Waals surface area contributed by atoms with E-state index in [0.29, 0.717) is 0 Å². The Kier molecular flexibility index (Phi) is 9.45. The number of hydrogen-bond donors (Lipinski definition) is 1. The van der Waals surface area contributed by atoms with Crippen molar-refractivity contribution in [1.82, 2.24) is 0 Å². The SMILES string of the molecule is COC(=O)CCOc1cc(=C(C#N)C#N)c(OCCOS(=O)(=O)O)cc1=C(C#N)C#N. The fraction of sp³-hybridized carbons (Fsp3) is 0.278. The molecule has 1 N–H and O–H groups in total. The standard InChI is InChI=1S/C18H14N4O8S/c1-27-18(23)2-3-28-16-6-15(13(10-21)11-22)17(7-14(16)12(8-19)9-20)29-4-5-30-31(24,25)26/h6-7H,2-5H2,1H3,(H,24,25,26). The highest BCUT2D eigenvalue weighted by Gasteiger charge is 2.13. The Morgan fingerprint density at radius 2 is 1.35 bits per heavy atom. The van der Waals surface area contributed by atoms with Crippen LogP contribution < -0.4 is 19.9 Å². The molecule has 0 aliphatic carbocycles. The second-order valence-electron chi connectivity index (χ2n) is 5.31. The van der Waals surface area contributed by atoms with Gasteiger partial charge in [-0.1, -0.05) is 0 Å². The molecular formula is C18H14N4O8S. The van der Waals surface area contributed by atoms with Crippen LogP contribution in [0.15, 0.2) is 12.1 Å². The average molecular weight is 446 g/mol. The Morgan fingerprint density at radius 3 is 1.74 bits per heavy atom. The van der Waals surface area contributed by atoms with Crippen LogP contribution in [-0.2, 0) is 24.1 Å². The van der Waals surface area contributed by atoms with E-state index in [4.69, 9.17) is 14.0 Å². The van der Waals surface area contributed by atoms with E-state index < -0.39 is 40.7 Å². The fourth-order valence-corrected chi connectivity index (χ4v) is 2.40. The van der Waals surface area contributed by atoms with Crippen LogP contribution in [0.25, 0.3) is 11.1 Å². The van der Waals surface area contributed by atoms with Crippen molar-refractivity contribution in [3.63, 3.8) is 0 Å². The first-order valence-electron chi connectivity index (χ1n) is 8.18. The van der Waals surface area contributed by atoms with Crippen LogP contribution in [-0.4, -0.2) is 45.9 Å². The van der Waals surface area contributed by atoms with Crippen molar-refractivity contribution in [2.24, 2.45) is 0 Å². The average Bonchev–Trinajstić information content (AvgIpc) is 2.73. The predicted molar refractivity (Wildman–Crippen MR) is 100 cm³/mol. The summed E-state index contributed by atoms with van der Waals surface area (Å²) < 4.78 is 49.2. The quantitative estimate of drug-likeness (QED) is 0.282. The maximum atomic E-state index is 11.3. The highest BCUT2D eigenvalue weighted by atomic mass is 32.3. The van der Waals surface area contributed by atoms with Gasteiger partial charge in [-0.25, -0.2) is 4.18 Å². The van der Waals surface area contributed by atoms with Crippen molar-refractivity contribution < 1.29 is 36.2 Å². The van der Waals surface area contributed by atoms with E-state index in [2.05, 4.69) is 8.92 Å². The third-order valence-electron chi connectivity index (χ3n) is 3.43. The Balaban J connectivity index is 3.57. The lowest BCUT2D eigenvalue weighted by Gasteiger charge is -2.11. The first-order valence-corrected chi connectivity index (χ1v) is 9.54. The third kappa shape index (κ3) is 7.65. The summed E-state index contributed by atoms with van der Waals surface area (Å²) in [6, 6.07) is 8.95. The lowest BCUT2D eigenvalue weighted by atomic mass is 10.1.